The Balaban J connectivity index is 1.91. The molecule has 3 rings (SSSR count). The lowest BCUT2D eigenvalue weighted by Gasteiger charge is -2.20. The lowest BCUT2D eigenvalue weighted by molar-refractivity contribution is -0.142. The largest absolute Gasteiger partial charge is 0.492 e. The van der Waals surface area contributed by atoms with Crippen LogP contribution in [0.2, 0.25) is 0 Å². The van der Waals surface area contributed by atoms with Gasteiger partial charge in [-0.05, 0) is 38.5 Å². The van der Waals surface area contributed by atoms with Crippen molar-refractivity contribution in [3.63, 3.8) is 0 Å². The molecule has 32 heavy (non-hydrogen) atoms. The van der Waals surface area contributed by atoms with Crippen molar-refractivity contribution in [2.75, 3.05) is 18.8 Å². The molecule has 0 aliphatic carbocycles. The van der Waals surface area contributed by atoms with E-state index in [1.807, 2.05) is 6.92 Å². The van der Waals surface area contributed by atoms with Gasteiger partial charge in [0.1, 0.15) is 18.0 Å². The van der Waals surface area contributed by atoms with Gasteiger partial charge in [-0.3, -0.25) is 24.3 Å². The van der Waals surface area contributed by atoms with E-state index in [0.717, 1.165) is 23.0 Å². The van der Waals surface area contributed by atoms with Crippen molar-refractivity contribution in [2.24, 2.45) is 0 Å². The topological polar surface area (TPSA) is 82.4 Å². The number of alkyl halides is 3. The maximum absolute atomic E-state index is 13.2. The summed E-state index contributed by atoms with van der Waals surface area (Å²) < 4.78 is 44.0. The van der Waals surface area contributed by atoms with E-state index in [4.69, 9.17) is 9.57 Å². The average Bonchev–Trinajstić information content (AvgIpc) is 3.14. The highest BCUT2D eigenvalue weighted by Crippen LogP contribution is 2.27. The van der Waals surface area contributed by atoms with Crippen LogP contribution in [-0.2, 0) is 11.4 Å². The van der Waals surface area contributed by atoms with Crippen LogP contribution in [0.25, 0.3) is 11.3 Å². The third-order valence-corrected chi connectivity index (χ3v) is 4.49. The Morgan fingerprint density at radius 3 is 2.56 bits per heavy atom. The Hall–Kier alpha value is -3.47. The lowest BCUT2D eigenvalue weighted by Crippen LogP contribution is -2.31. The Labute approximate surface area is 182 Å². The number of amides is 1. The summed E-state index contributed by atoms with van der Waals surface area (Å²) in [5, 5.41) is 4.54. The molecule has 0 saturated heterocycles. The monoisotopic (exact) mass is 449 g/mol. The zero-order chi connectivity index (χ0) is 23.5. The predicted molar refractivity (Wildman–Crippen MR) is 110 cm³/mol. The number of aromatic nitrogens is 4. The molecule has 0 aromatic carbocycles. The molecule has 8 nitrogen and oxygen atoms in total. The third kappa shape index (κ3) is 5.22. The van der Waals surface area contributed by atoms with E-state index in [0.29, 0.717) is 34.0 Å². The number of halogens is 3. The van der Waals surface area contributed by atoms with Gasteiger partial charge in [0.25, 0.3) is 5.91 Å². The van der Waals surface area contributed by atoms with Crippen LogP contribution in [0.5, 0.6) is 5.75 Å². The molecule has 0 unspecified atom stereocenters. The van der Waals surface area contributed by atoms with E-state index in [1.165, 1.54) is 7.11 Å². The maximum Gasteiger partial charge on any atom is 0.408 e. The minimum Gasteiger partial charge on any atom is -0.492 e. The lowest BCUT2D eigenvalue weighted by atomic mass is 10.0. The number of hydrogen-bond acceptors (Lipinski definition) is 6. The molecule has 11 heteroatoms. The zero-order valence-corrected chi connectivity index (χ0v) is 18.0. The summed E-state index contributed by atoms with van der Waals surface area (Å²) in [5.74, 6) is 0.0259. The quantitative estimate of drug-likeness (QED) is 0.505. The first-order valence-electron chi connectivity index (χ1n) is 9.67. The van der Waals surface area contributed by atoms with Crippen molar-refractivity contribution in [2.45, 2.75) is 33.5 Å². The minimum absolute atomic E-state index is 0.0678. The zero-order valence-electron chi connectivity index (χ0n) is 18.0. The average molecular weight is 449 g/mol. The van der Waals surface area contributed by atoms with Crippen LogP contribution in [-0.4, -0.2) is 45.5 Å². The van der Waals surface area contributed by atoms with Crippen molar-refractivity contribution in [3.8, 4) is 17.0 Å². The van der Waals surface area contributed by atoms with Gasteiger partial charge in [0.05, 0.1) is 49.3 Å². The first kappa shape index (κ1) is 23.2. The number of anilines is 1. The van der Waals surface area contributed by atoms with Crippen molar-refractivity contribution < 1.29 is 27.5 Å². The van der Waals surface area contributed by atoms with E-state index in [1.54, 1.807) is 38.4 Å². The summed E-state index contributed by atoms with van der Waals surface area (Å²) >= 11 is 0. The Bertz CT molecular complexity index is 1090. The SMILES string of the molecule is CCOc1cncc(-c2cc(C)c(C(=O)N(OC)c3cnn(CC(F)(F)F)c3)c(C)n2)c1. The highest BCUT2D eigenvalue weighted by atomic mass is 19.4. The summed E-state index contributed by atoms with van der Waals surface area (Å²) in [5.41, 5.74) is 2.71. The molecular weight excluding hydrogens is 427 g/mol. The second-order valence-corrected chi connectivity index (χ2v) is 6.92. The van der Waals surface area contributed by atoms with Crippen LogP contribution < -0.4 is 9.80 Å². The molecular formula is C21H22F3N5O3. The highest BCUT2D eigenvalue weighted by Gasteiger charge is 2.30. The summed E-state index contributed by atoms with van der Waals surface area (Å²) in [4.78, 5) is 27.0. The molecule has 0 N–H and O–H groups in total. The summed E-state index contributed by atoms with van der Waals surface area (Å²) in [7, 11) is 1.25. The maximum atomic E-state index is 13.2. The number of hydrogen-bond donors (Lipinski definition) is 0. The van der Waals surface area contributed by atoms with E-state index in [2.05, 4.69) is 15.1 Å². The van der Waals surface area contributed by atoms with Gasteiger partial charge in [0.2, 0.25) is 0 Å². The molecule has 0 radical (unpaired) electrons. The van der Waals surface area contributed by atoms with E-state index >= 15 is 0 Å². The predicted octanol–water partition coefficient (Wildman–Crippen LogP) is 4.13. The van der Waals surface area contributed by atoms with Gasteiger partial charge in [0, 0.05) is 11.8 Å². The van der Waals surface area contributed by atoms with Crippen molar-refractivity contribution in [1.82, 2.24) is 19.7 Å². The standard InChI is InChI=1S/C21H22F3N5O3/c1-5-32-17-7-15(8-25-10-17)18-6-13(2)19(14(3)27-18)20(30)29(31-4)16-9-26-28(11-16)12-21(22,23)24/h6-11H,5,12H2,1-4H3. The van der Waals surface area contributed by atoms with E-state index in [-0.39, 0.29) is 11.3 Å². The smallest absolute Gasteiger partial charge is 0.408 e. The number of ether oxygens (including phenoxy) is 1. The fourth-order valence-corrected chi connectivity index (χ4v) is 3.24. The fraction of sp³-hybridized carbons (Fsp3) is 0.333. The Morgan fingerprint density at radius 1 is 1.19 bits per heavy atom. The van der Waals surface area contributed by atoms with Crippen LogP contribution >= 0.6 is 0 Å². The van der Waals surface area contributed by atoms with Crippen LogP contribution in [0.4, 0.5) is 18.9 Å². The van der Waals surface area contributed by atoms with Gasteiger partial charge in [-0.1, -0.05) is 0 Å². The third-order valence-electron chi connectivity index (χ3n) is 4.49. The summed E-state index contributed by atoms with van der Waals surface area (Å²) in [6, 6.07) is 3.53. The number of carbonyl (C=O) groups excluding carboxylic acids is 1. The molecule has 3 aromatic rings. The number of aryl methyl sites for hydroxylation is 2. The first-order chi connectivity index (χ1) is 15.1. The molecule has 0 aliphatic rings. The molecule has 0 aliphatic heterocycles. The van der Waals surface area contributed by atoms with Crippen molar-refractivity contribution in [1.29, 1.82) is 0 Å². The molecule has 0 spiro atoms. The molecule has 0 fully saturated rings. The van der Waals surface area contributed by atoms with Gasteiger partial charge < -0.3 is 4.74 Å². The Morgan fingerprint density at radius 2 is 1.94 bits per heavy atom. The van der Waals surface area contributed by atoms with Crippen molar-refractivity contribution in [3.05, 3.63) is 53.7 Å². The van der Waals surface area contributed by atoms with Gasteiger partial charge in [0.15, 0.2) is 0 Å². The van der Waals surface area contributed by atoms with Gasteiger partial charge >= 0.3 is 6.18 Å². The van der Waals surface area contributed by atoms with Gasteiger partial charge in [-0.2, -0.15) is 23.3 Å². The number of rotatable bonds is 7. The second kappa shape index (κ2) is 9.35. The molecule has 3 aromatic heterocycles. The summed E-state index contributed by atoms with van der Waals surface area (Å²) in [6.07, 6.45) is 1.02. The number of hydroxylamine groups is 1. The normalized spacial score (nSPS) is 11.5. The molecule has 3 heterocycles. The molecule has 170 valence electrons. The fourth-order valence-electron chi connectivity index (χ4n) is 3.24. The second-order valence-electron chi connectivity index (χ2n) is 6.92. The van der Waals surface area contributed by atoms with Crippen molar-refractivity contribution >= 4 is 11.6 Å². The number of nitrogens with zero attached hydrogens (tertiary/aromatic N) is 5. The van der Waals surface area contributed by atoms with E-state index in [9.17, 15) is 18.0 Å². The number of carbonyl (C=O) groups is 1. The molecule has 0 saturated carbocycles. The van der Waals surface area contributed by atoms with Crippen LogP contribution in [0.3, 0.4) is 0 Å². The molecule has 0 bridgehead atoms. The molecule has 1 amide bonds. The first-order valence-corrected chi connectivity index (χ1v) is 9.67. The van der Waals surface area contributed by atoms with Gasteiger partial charge in [-0.15, -0.1) is 0 Å². The highest BCUT2D eigenvalue weighted by molar-refractivity contribution is 6.06. The van der Waals surface area contributed by atoms with Crippen LogP contribution in [0.15, 0.2) is 36.9 Å². The van der Waals surface area contributed by atoms with Gasteiger partial charge in [-0.25, -0.2) is 0 Å². The Kier molecular flexibility index (Phi) is 6.78. The van der Waals surface area contributed by atoms with Crippen LogP contribution in [0.1, 0.15) is 28.5 Å². The molecule has 0 atom stereocenters. The van der Waals surface area contributed by atoms with Crippen LogP contribution in [0, 0.1) is 13.8 Å². The van der Waals surface area contributed by atoms with E-state index < -0.39 is 18.6 Å². The summed E-state index contributed by atoms with van der Waals surface area (Å²) in [6.45, 7) is 4.50. The minimum atomic E-state index is -4.44. The number of pyridine rings is 2.